The number of carbonyl (C=O) groups is 1. The molecule has 0 radical (unpaired) electrons. The summed E-state index contributed by atoms with van der Waals surface area (Å²) in [6.07, 6.45) is 0.733. The number of hydrogen-bond donors (Lipinski definition) is 0. The quantitative estimate of drug-likeness (QED) is 0.322. The molecule has 0 bridgehead atoms. The normalized spacial score (nSPS) is 15.2. The van der Waals surface area contributed by atoms with Gasteiger partial charge in [0.2, 0.25) is 5.76 Å². The maximum absolute atomic E-state index is 13.9. The molecule has 0 spiro atoms. The summed E-state index contributed by atoms with van der Waals surface area (Å²) in [5.41, 5.74) is 3.21. The Bertz CT molecular complexity index is 1360. The van der Waals surface area contributed by atoms with Crippen molar-refractivity contribution in [3.63, 3.8) is 0 Å². The summed E-state index contributed by atoms with van der Waals surface area (Å²) in [5, 5.41) is 0.489. The fourth-order valence-corrected chi connectivity index (χ4v) is 4.84. The van der Waals surface area contributed by atoms with Crippen LogP contribution in [-0.4, -0.2) is 43.8 Å². The molecule has 1 amide bonds. The Morgan fingerprint density at radius 3 is 2.46 bits per heavy atom. The molecule has 0 N–H and O–H groups in total. The topological polar surface area (TPSA) is 78.2 Å². The van der Waals surface area contributed by atoms with E-state index in [1.807, 2.05) is 58.0 Å². The van der Waals surface area contributed by atoms with Gasteiger partial charge in [-0.3, -0.25) is 9.59 Å². The number of ether oxygens (including phenoxy) is 3. The molecule has 2 aromatic carbocycles. The van der Waals surface area contributed by atoms with E-state index >= 15 is 0 Å². The highest BCUT2D eigenvalue weighted by molar-refractivity contribution is 5.99. The summed E-state index contributed by atoms with van der Waals surface area (Å²) in [5.74, 6) is 1.36. The van der Waals surface area contributed by atoms with Crippen molar-refractivity contribution in [2.45, 2.75) is 60.1 Å². The third kappa shape index (κ3) is 5.37. The minimum atomic E-state index is -0.601. The third-order valence-electron chi connectivity index (χ3n) is 6.47. The lowest BCUT2D eigenvalue weighted by Crippen LogP contribution is -2.31. The largest absolute Gasteiger partial charge is 0.493 e. The van der Waals surface area contributed by atoms with E-state index in [9.17, 15) is 9.59 Å². The molecule has 37 heavy (non-hydrogen) atoms. The second-order valence-electron chi connectivity index (χ2n) is 10.4. The molecule has 0 aliphatic carbocycles. The van der Waals surface area contributed by atoms with Crippen LogP contribution in [0.4, 0.5) is 0 Å². The van der Waals surface area contributed by atoms with Crippen LogP contribution in [0.3, 0.4) is 0 Å². The Labute approximate surface area is 218 Å². The summed E-state index contributed by atoms with van der Waals surface area (Å²) >= 11 is 0. The van der Waals surface area contributed by atoms with E-state index in [1.54, 1.807) is 12.0 Å². The van der Waals surface area contributed by atoms with Gasteiger partial charge in [-0.1, -0.05) is 26.0 Å². The van der Waals surface area contributed by atoms with E-state index in [2.05, 4.69) is 13.8 Å². The number of benzene rings is 2. The first-order valence-electron chi connectivity index (χ1n) is 12.9. The summed E-state index contributed by atoms with van der Waals surface area (Å²) in [7, 11) is 1.59. The van der Waals surface area contributed by atoms with Crippen molar-refractivity contribution in [2.75, 3.05) is 26.9 Å². The van der Waals surface area contributed by atoms with Crippen molar-refractivity contribution in [2.24, 2.45) is 5.92 Å². The Morgan fingerprint density at radius 2 is 1.78 bits per heavy atom. The number of hydrogen-bond acceptors (Lipinski definition) is 6. The highest BCUT2D eigenvalue weighted by Gasteiger charge is 2.43. The second-order valence-corrected chi connectivity index (χ2v) is 10.4. The van der Waals surface area contributed by atoms with Crippen LogP contribution >= 0.6 is 0 Å². The first kappa shape index (κ1) is 26.7. The van der Waals surface area contributed by atoms with Crippen LogP contribution in [0.5, 0.6) is 11.5 Å². The van der Waals surface area contributed by atoms with Gasteiger partial charge in [0.1, 0.15) is 5.58 Å². The van der Waals surface area contributed by atoms with Gasteiger partial charge in [-0.05, 0) is 74.9 Å². The second kappa shape index (κ2) is 11.0. The zero-order valence-corrected chi connectivity index (χ0v) is 22.8. The summed E-state index contributed by atoms with van der Waals surface area (Å²) in [6.45, 7) is 13.4. The lowest BCUT2D eigenvalue weighted by atomic mass is 9.97. The first-order chi connectivity index (χ1) is 17.6. The SMILES string of the molecule is COc1cc(C2c3c(oc4c(C)cc(C)cc4c3=O)C(=O)N2CCCOC(C)C)ccc1OCC(C)C. The van der Waals surface area contributed by atoms with Crippen LogP contribution < -0.4 is 14.9 Å². The fraction of sp³-hybridized carbons (Fsp3) is 0.467. The molecular weight excluding hydrogens is 470 g/mol. The zero-order valence-electron chi connectivity index (χ0n) is 22.8. The number of rotatable bonds is 10. The van der Waals surface area contributed by atoms with E-state index in [0.29, 0.717) is 60.1 Å². The highest BCUT2D eigenvalue weighted by Crippen LogP contribution is 2.41. The van der Waals surface area contributed by atoms with Crippen molar-refractivity contribution < 1.29 is 23.4 Å². The van der Waals surface area contributed by atoms with Gasteiger partial charge in [0.25, 0.3) is 5.91 Å². The molecule has 7 nitrogen and oxygen atoms in total. The maximum Gasteiger partial charge on any atom is 0.290 e. The van der Waals surface area contributed by atoms with Crippen molar-refractivity contribution in [3.8, 4) is 11.5 Å². The summed E-state index contributed by atoms with van der Waals surface area (Å²) < 4.78 is 23.5. The minimum Gasteiger partial charge on any atom is -0.493 e. The third-order valence-corrected chi connectivity index (χ3v) is 6.47. The zero-order chi connectivity index (χ0) is 26.9. The molecule has 0 saturated carbocycles. The molecule has 0 saturated heterocycles. The predicted molar refractivity (Wildman–Crippen MR) is 144 cm³/mol. The van der Waals surface area contributed by atoms with Gasteiger partial charge < -0.3 is 23.5 Å². The van der Waals surface area contributed by atoms with Gasteiger partial charge in [-0.25, -0.2) is 0 Å². The number of aryl methyl sites for hydroxylation is 2. The smallest absolute Gasteiger partial charge is 0.290 e. The Morgan fingerprint density at radius 1 is 1.03 bits per heavy atom. The van der Waals surface area contributed by atoms with Gasteiger partial charge in [0, 0.05) is 13.2 Å². The van der Waals surface area contributed by atoms with E-state index in [4.69, 9.17) is 18.6 Å². The molecule has 0 fully saturated rings. The average molecular weight is 508 g/mol. The highest BCUT2D eigenvalue weighted by atomic mass is 16.5. The summed E-state index contributed by atoms with van der Waals surface area (Å²) in [6, 6.07) is 8.78. The number of carbonyl (C=O) groups excluding carboxylic acids is 1. The van der Waals surface area contributed by atoms with E-state index in [1.165, 1.54) is 0 Å². The maximum atomic E-state index is 13.9. The first-order valence-corrected chi connectivity index (χ1v) is 12.9. The van der Waals surface area contributed by atoms with Crippen LogP contribution in [0.1, 0.15) is 73.0 Å². The van der Waals surface area contributed by atoms with Gasteiger partial charge in [-0.2, -0.15) is 0 Å². The Balaban J connectivity index is 1.83. The number of methoxy groups -OCH3 is 1. The van der Waals surface area contributed by atoms with Crippen LogP contribution in [-0.2, 0) is 4.74 Å². The van der Waals surface area contributed by atoms with Crippen LogP contribution in [0.15, 0.2) is 39.5 Å². The van der Waals surface area contributed by atoms with Crippen molar-refractivity contribution in [1.82, 2.24) is 4.90 Å². The minimum absolute atomic E-state index is 0.102. The predicted octanol–water partition coefficient (Wildman–Crippen LogP) is 5.81. The molecule has 7 heteroatoms. The lowest BCUT2D eigenvalue weighted by molar-refractivity contribution is 0.0593. The molecule has 3 aromatic rings. The van der Waals surface area contributed by atoms with Gasteiger partial charge in [-0.15, -0.1) is 0 Å². The van der Waals surface area contributed by atoms with Crippen LogP contribution in [0, 0.1) is 19.8 Å². The standard InChI is InChI=1S/C30H37NO6/c1-17(2)16-36-23-10-9-21(15-24(23)34-7)26-25-27(32)22-14-19(5)13-20(6)28(22)37-29(25)30(33)31(26)11-8-12-35-18(3)4/h9-10,13-15,17-18,26H,8,11-12,16H2,1-7H3. The molecule has 1 atom stereocenters. The van der Waals surface area contributed by atoms with E-state index in [0.717, 1.165) is 16.7 Å². The number of nitrogens with zero attached hydrogens (tertiary/aromatic N) is 1. The van der Waals surface area contributed by atoms with Gasteiger partial charge >= 0.3 is 0 Å². The monoisotopic (exact) mass is 507 g/mol. The van der Waals surface area contributed by atoms with Crippen LogP contribution in [0.2, 0.25) is 0 Å². The molecular formula is C30H37NO6. The average Bonchev–Trinajstić information content (AvgIpc) is 3.12. The lowest BCUT2D eigenvalue weighted by Gasteiger charge is -2.26. The summed E-state index contributed by atoms with van der Waals surface area (Å²) in [4.78, 5) is 29.3. The Kier molecular flexibility index (Phi) is 7.93. The molecule has 1 unspecified atom stereocenters. The molecule has 1 aliphatic rings. The number of fused-ring (bicyclic) bond motifs is 2. The fourth-order valence-electron chi connectivity index (χ4n) is 4.84. The van der Waals surface area contributed by atoms with Gasteiger partial charge in [0.15, 0.2) is 16.9 Å². The molecule has 2 heterocycles. The molecule has 1 aromatic heterocycles. The van der Waals surface area contributed by atoms with Crippen molar-refractivity contribution in [3.05, 3.63) is 68.6 Å². The van der Waals surface area contributed by atoms with Crippen molar-refractivity contribution >= 4 is 16.9 Å². The van der Waals surface area contributed by atoms with Gasteiger partial charge in [0.05, 0.1) is 36.8 Å². The van der Waals surface area contributed by atoms with Crippen LogP contribution in [0.25, 0.3) is 11.0 Å². The molecule has 198 valence electrons. The molecule has 4 rings (SSSR count). The van der Waals surface area contributed by atoms with E-state index in [-0.39, 0.29) is 23.2 Å². The number of amides is 1. The Hall–Kier alpha value is -3.32. The molecule has 1 aliphatic heterocycles. The van der Waals surface area contributed by atoms with E-state index < -0.39 is 6.04 Å². The van der Waals surface area contributed by atoms with Crippen molar-refractivity contribution in [1.29, 1.82) is 0 Å².